The minimum Gasteiger partial charge on any atom is -0.397 e. The maximum absolute atomic E-state index is 12.7. The zero-order valence-electron chi connectivity index (χ0n) is 13.6. The van der Waals surface area contributed by atoms with Gasteiger partial charge in [-0.05, 0) is 43.4 Å². The highest BCUT2D eigenvalue weighted by molar-refractivity contribution is 5.96. The number of benzene rings is 1. The van der Waals surface area contributed by atoms with Crippen LogP contribution >= 0.6 is 0 Å². The molecule has 2 rings (SSSR count). The monoisotopic (exact) mass is 289 g/mol. The Morgan fingerprint density at radius 3 is 2.48 bits per heavy atom. The Bertz CT molecular complexity index is 507. The highest BCUT2D eigenvalue weighted by Crippen LogP contribution is 2.30. The third-order valence-corrected chi connectivity index (χ3v) is 3.95. The topological polar surface area (TPSA) is 49.6 Å². The van der Waals surface area contributed by atoms with Crippen LogP contribution in [0.2, 0.25) is 0 Å². The number of nitrogen functional groups attached to an aromatic ring is 1. The highest BCUT2D eigenvalue weighted by atomic mass is 16.2. The number of hydrogen-bond acceptors (Lipinski definition) is 3. The maximum atomic E-state index is 12.7. The Balaban J connectivity index is 2.15. The Morgan fingerprint density at radius 2 is 2.00 bits per heavy atom. The smallest absolute Gasteiger partial charge is 0.254 e. The summed E-state index contributed by atoms with van der Waals surface area (Å²) >= 11 is 0. The van der Waals surface area contributed by atoms with Gasteiger partial charge >= 0.3 is 0 Å². The number of carbonyl (C=O) groups excluding carboxylic acids is 1. The van der Waals surface area contributed by atoms with Crippen LogP contribution in [0.5, 0.6) is 0 Å². The Morgan fingerprint density at radius 1 is 1.33 bits per heavy atom. The molecule has 0 atom stereocenters. The van der Waals surface area contributed by atoms with E-state index in [1.165, 1.54) is 0 Å². The third-order valence-electron chi connectivity index (χ3n) is 3.95. The van der Waals surface area contributed by atoms with Crippen LogP contribution in [0, 0.1) is 5.92 Å². The molecule has 1 aliphatic rings. The molecule has 0 spiro atoms. The average Bonchev–Trinajstić information content (AvgIpc) is 3.22. The predicted octanol–water partition coefficient (Wildman–Crippen LogP) is 2.99. The van der Waals surface area contributed by atoms with E-state index in [-0.39, 0.29) is 5.91 Å². The van der Waals surface area contributed by atoms with Gasteiger partial charge in [-0.25, -0.2) is 0 Å². The molecule has 21 heavy (non-hydrogen) atoms. The van der Waals surface area contributed by atoms with Gasteiger partial charge in [0.25, 0.3) is 5.91 Å². The van der Waals surface area contributed by atoms with Crippen molar-refractivity contribution in [2.24, 2.45) is 5.92 Å². The fraction of sp³-hybridized carbons (Fsp3) is 0.588. The minimum atomic E-state index is 0.121. The fourth-order valence-corrected chi connectivity index (χ4v) is 2.49. The summed E-state index contributed by atoms with van der Waals surface area (Å²) in [6.45, 7) is 5.23. The van der Waals surface area contributed by atoms with Gasteiger partial charge in [-0.3, -0.25) is 4.79 Å². The van der Waals surface area contributed by atoms with Crippen LogP contribution in [-0.4, -0.2) is 37.5 Å². The highest BCUT2D eigenvalue weighted by Gasteiger charge is 2.32. The van der Waals surface area contributed by atoms with Gasteiger partial charge in [0.05, 0.1) is 11.4 Å². The van der Waals surface area contributed by atoms with E-state index < -0.39 is 0 Å². The SMILES string of the molecule is CC(C)CCN(C(=O)c1ccc(N(C)C)c(N)c1)C1CC1. The van der Waals surface area contributed by atoms with Gasteiger partial charge < -0.3 is 15.5 Å². The Kier molecular flexibility index (Phi) is 4.76. The second-order valence-electron chi connectivity index (χ2n) is 6.58. The first-order valence-electron chi connectivity index (χ1n) is 7.78. The number of amides is 1. The summed E-state index contributed by atoms with van der Waals surface area (Å²) in [6.07, 6.45) is 3.32. The first-order valence-corrected chi connectivity index (χ1v) is 7.78. The van der Waals surface area contributed by atoms with E-state index in [2.05, 4.69) is 13.8 Å². The molecule has 0 saturated heterocycles. The van der Waals surface area contributed by atoms with Crippen LogP contribution in [0.4, 0.5) is 11.4 Å². The van der Waals surface area contributed by atoms with Crippen molar-refractivity contribution in [3.8, 4) is 0 Å². The van der Waals surface area contributed by atoms with E-state index in [1.807, 2.05) is 42.1 Å². The zero-order valence-corrected chi connectivity index (χ0v) is 13.6. The van der Waals surface area contributed by atoms with Crippen LogP contribution in [0.1, 0.15) is 43.5 Å². The van der Waals surface area contributed by atoms with Crippen LogP contribution < -0.4 is 10.6 Å². The van der Waals surface area contributed by atoms with E-state index in [9.17, 15) is 4.79 Å². The van der Waals surface area contributed by atoms with E-state index >= 15 is 0 Å². The molecule has 116 valence electrons. The lowest BCUT2D eigenvalue weighted by Gasteiger charge is -2.24. The van der Waals surface area contributed by atoms with Gasteiger partial charge in [-0.1, -0.05) is 13.8 Å². The Hall–Kier alpha value is -1.71. The van der Waals surface area contributed by atoms with Crippen molar-refractivity contribution in [2.45, 2.75) is 39.2 Å². The van der Waals surface area contributed by atoms with Crippen LogP contribution in [-0.2, 0) is 0 Å². The third kappa shape index (κ3) is 3.90. The molecule has 1 aromatic rings. The molecule has 4 nitrogen and oxygen atoms in total. The minimum absolute atomic E-state index is 0.121. The van der Waals surface area contributed by atoms with Gasteiger partial charge in [0.1, 0.15) is 0 Å². The van der Waals surface area contributed by atoms with E-state index in [0.717, 1.165) is 31.5 Å². The number of anilines is 2. The molecule has 1 saturated carbocycles. The summed E-state index contributed by atoms with van der Waals surface area (Å²) in [4.78, 5) is 16.7. The molecule has 1 fully saturated rings. The standard InChI is InChI=1S/C17H27N3O/c1-12(2)9-10-20(14-6-7-14)17(21)13-5-8-16(19(3)4)15(18)11-13/h5,8,11-12,14H,6-7,9-10,18H2,1-4H3. The lowest BCUT2D eigenvalue weighted by Crippen LogP contribution is -2.34. The summed E-state index contributed by atoms with van der Waals surface area (Å²) in [5.41, 5.74) is 8.37. The molecular formula is C17H27N3O. The van der Waals surface area contributed by atoms with Crippen molar-refractivity contribution < 1.29 is 4.79 Å². The van der Waals surface area contributed by atoms with Gasteiger partial charge in [0.15, 0.2) is 0 Å². The predicted molar refractivity (Wildman–Crippen MR) is 88.7 cm³/mol. The van der Waals surface area contributed by atoms with Crippen molar-refractivity contribution in [3.63, 3.8) is 0 Å². The summed E-state index contributed by atoms with van der Waals surface area (Å²) in [7, 11) is 3.90. The van der Waals surface area contributed by atoms with Crippen molar-refractivity contribution in [1.29, 1.82) is 0 Å². The Labute approximate surface area is 127 Å². The molecule has 1 aliphatic carbocycles. The van der Waals surface area contributed by atoms with E-state index in [4.69, 9.17) is 5.73 Å². The molecule has 2 N–H and O–H groups in total. The molecule has 0 bridgehead atoms. The quantitative estimate of drug-likeness (QED) is 0.819. The summed E-state index contributed by atoms with van der Waals surface area (Å²) in [5, 5.41) is 0. The first kappa shape index (κ1) is 15.7. The number of nitrogens with zero attached hydrogens (tertiary/aromatic N) is 2. The van der Waals surface area contributed by atoms with Crippen molar-refractivity contribution in [1.82, 2.24) is 4.90 Å². The van der Waals surface area contributed by atoms with Gasteiger partial charge in [0.2, 0.25) is 0 Å². The van der Waals surface area contributed by atoms with E-state index in [0.29, 0.717) is 23.2 Å². The van der Waals surface area contributed by atoms with Crippen LogP contribution in [0.3, 0.4) is 0 Å². The molecule has 0 heterocycles. The van der Waals surface area contributed by atoms with Crippen molar-refractivity contribution in [3.05, 3.63) is 23.8 Å². The molecule has 0 aliphatic heterocycles. The lowest BCUT2D eigenvalue weighted by atomic mass is 10.1. The molecule has 0 radical (unpaired) electrons. The molecule has 1 aromatic carbocycles. The fourth-order valence-electron chi connectivity index (χ4n) is 2.49. The number of rotatable bonds is 6. The number of hydrogen-bond donors (Lipinski definition) is 1. The van der Waals surface area contributed by atoms with E-state index in [1.54, 1.807) is 0 Å². The van der Waals surface area contributed by atoms with Gasteiger partial charge in [0, 0.05) is 32.2 Å². The van der Waals surface area contributed by atoms with Crippen molar-refractivity contribution in [2.75, 3.05) is 31.3 Å². The summed E-state index contributed by atoms with van der Waals surface area (Å²) < 4.78 is 0. The van der Waals surface area contributed by atoms with Crippen LogP contribution in [0.15, 0.2) is 18.2 Å². The first-order chi connectivity index (χ1) is 9.90. The largest absolute Gasteiger partial charge is 0.397 e. The van der Waals surface area contributed by atoms with Crippen molar-refractivity contribution >= 4 is 17.3 Å². The van der Waals surface area contributed by atoms with Crippen LogP contribution in [0.25, 0.3) is 0 Å². The lowest BCUT2D eigenvalue weighted by molar-refractivity contribution is 0.0735. The zero-order chi connectivity index (χ0) is 15.6. The maximum Gasteiger partial charge on any atom is 0.254 e. The van der Waals surface area contributed by atoms with Gasteiger partial charge in [-0.2, -0.15) is 0 Å². The molecule has 4 heteroatoms. The number of nitrogens with two attached hydrogens (primary N) is 1. The molecule has 1 amide bonds. The summed E-state index contributed by atoms with van der Waals surface area (Å²) in [6, 6.07) is 6.06. The number of carbonyl (C=O) groups is 1. The normalized spacial score (nSPS) is 14.3. The molecule has 0 unspecified atom stereocenters. The van der Waals surface area contributed by atoms with Gasteiger partial charge in [-0.15, -0.1) is 0 Å². The molecule has 0 aromatic heterocycles. The molecular weight excluding hydrogens is 262 g/mol. The summed E-state index contributed by atoms with van der Waals surface area (Å²) in [5.74, 6) is 0.732. The second kappa shape index (κ2) is 6.37. The second-order valence-corrected chi connectivity index (χ2v) is 6.58. The average molecular weight is 289 g/mol.